The van der Waals surface area contributed by atoms with E-state index in [9.17, 15) is 4.79 Å². The van der Waals surface area contributed by atoms with E-state index >= 15 is 0 Å². The highest BCUT2D eigenvalue weighted by Gasteiger charge is 2.29. The lowest BCUT2D eigenvalue weighted by atomic mass is 9.98. The Morgan fingerprint density at radius 1 is 0.826 bits per heavy atom. The lowest BCUT2D eigenvalue weighted by molar-refractivity contribution is 0.0493. The average molecular weight is 301 g/mol. The predicted molar refractivity (Wildman–Crippen MR) is 90.4 cm³/mol. The lowest BCUT2D eigenvalue weighted by Crippen LogP contribution is -2.12. The van der Waals surface area contributed by atoms with E-state index in [0.717, 1.165) is 22.3 Å². The van der Waals surface area contributed by atoms with Crippen molar-refractivity contribution in [2.45, 2.75) is 5.92 Å². The third-order valence-corrected chi connectivity index (χ3v) is 4.20. The molecule has 112 valence electrons. The quantitative estimate of drug-likeness (QED) is 0.658. The van der Waals surface area contributed by atoms with Crippen LogP contribution in [0.3, 0.4) is 0 Å². The summed E-state index contributed by atoms with van der Waals surface area (Å²) >= 11 is 0. The molecule has 0 saturated heterocycles. The van der Waals surface area contributed by atoms with Crippen molar-refractivity contribution in [3.8, 4) is 11.1 Å². The smallest absolute Gasteiger partial charge is 0.338 e. The molecule has 0 aliphatic heterocycles. The van der Waals surface area contributed by atoms with Crippen LogP contribution in [0.5, 0.6) is 0 Å². The Balaban J connectivity index is 1.67. The second-order valence-electron chi connectivity index (χ2n) is 5.56. The first-order chi connectivity index (χ1) is 11.8. The van der Waals surface area contributed by atoms with Crippen LogP contribution in [0, 0.1) is 0 Å². The van der Waals surface area contributed by atoms with E-state index in [0.29, 0.717) is 5.56 Å². The summed E-state index contributed by atoms with van der Waals surface area (Å²) in [5.74, 6) is -0.720. The molecule has 0 fully saturated rings. The molecule has 1 unspecified atom stereocenters. The van der Waals surface area contributed by atoms with Crippen LogP contribution in [0.1, 0.15) is 28.8 Å². The molecule has 1 aliphatic rings. The van der Waals surface area contributed by atoms with Crippen molar-refractivity contribution in [2.75, 3.05) is 6.58 Å². The van der Waals surface area contributed by atoms with Gasteiger partial charge in [-0.1, -0.05) is 66.7 Å². The van der Waals surface area contributed by atoms with E-state index in [1.807, 2.05) is 42.5 Å². The molecule has 2 nitrogen and oxygen atoms in total. The topological polar surface area (TPSA) is 26.3 Å². The second kappa shape index (κ2) is 5.73. The molecule has 0 spiro atoms. The lowest BCUT2D eigenvalue weighted by Gasteiger charge is -2.14. The maximum Gasteiger partial charge on any atom is 0.338 e. The summed E-state index contributed by atoms with van der Waals surface area (Å²) in [5, 5.41) is 0. The van der Waals surface area contributed by atoms with Crippen molar-refractivity contribution in [1.29, 1.82) is 0 Å². The number of fused-ring (bicyclic) bond motifs is 3. The largest absolute Gasteiger partial charge is 0.461 e. The molecule has 0 aromatic heterocycles. The molecular formula is C21H16O2. The Morgan fingerprint density at radius 2 is 1.35 bits per heavy atom. The molecular weight excluding hydrogens is 284 g/mol. The Bertz CT molecular complexity index is 844. The normalized spacial score (nSPS) is 14.5. The van der Waals surface area contributed by atoms with Gasteiger partial charge >= 0.3 is 5.97 Å². The summed E-state index contributed by atoms with van der Waals surface area (Å²) in [6.45, 7) is -0.984. The predicted octanol–water partition coefficient (Wildman–Crippen LogP) is 4.66. The van der Waals surface area contributed by atoms with Gasteiger partial charge in [0.15, 0.2) is 0 Å². The molecule has 0 bridgehead atoms. The van der Waals surface area contributed by atoms with Gasteiger partial charge in [0.25, 0.3) is 0 Å². The Labute approximate surface area is 136 Å². The first-order valence-corrected chi connectivity index (χ1v) is 7.62. The van der Waals surface area contributed by atoms with E-state index in [1.54, 1.807) is 24.3 Å². The van der Waals surface area contributed by atoms with Crippen molar-refractivity contribution < 1.29 is 10.9 Å². The molecule has 3 aromatic carbocycles. The minimum absolute atomic E-state index is 0.259. The fourth-order valence-corrected chi connectivity index (χ4v) is 3.11. The van der Waals surface area contributed by atoms with E-state index in [4.69, 9.17) is 6.11 Å². The van der Waals surface area contributed by atoms with Gasteiger partial charge in [-0.25, -0.2) is 4.79 Å². The number of hydrogen-bond donors (Lipinski definition) is 0. The van der Waals surface area contributed by atoms with Gasteiger partial charge in [-0.3, -0.25) is 0 Å². The second-order valence-corrected chi connectivity index (χ2v) is 5.56. The van der Waals surface area contributed by atoms with Crippen LogP contribution in [0.2, 0.25) is 0 Å². The highest BCUT2D eigenvalue weighted by Crippen LogP contribution is 2.44. The summed E-state index contributed by atoms with van der Waals surface area (Å²) < 4.78 is 13.9. The summed E-state index contributed by atoms with van der Waals surface area (Å²) in [6.07, 6.45) is 0. The van der Waals surface area contributed by atoms with Gasteiger partial charge < -0.3 is 4.74 Å². The summed E-state index contributed by atoms with van der Waals surface area (Å²) in [4.78, 5) is 12.3. The van der Waals surface area contributed by atoms with Crippen molar-refractivity contribution in [3.05, 3.63) is 95.6 Å². The maximum absolute atomic E-state index is 12.3. The zero-order valence-electron chi connectivity index (χ0n) is 13.5. The molecule has 4 rings (SSSR count). The van der Waals surface area contributed by atoms with Gasteiger partial charge in [0, 0.05) is 5.92 Å². The number of carbonyl (C=O) groups is 1. The van der Waals surface area contributed by atoms with Gasteiger partial charge in [-0.15, -0.1) is 0 Å². The number of benzene rings is 3. The summed E-state index contributed by atoms with van der Waals surface area (Å²) in [5.41, 5.74) is 4.78. The van der Waals surface area contributed by atoms with Gasteiger partial charge in [0.05, 0.1) is 6.93 Å². The first kappa shape index (κ1) is 12.7. The number of hydrogen-bond acceptors (Lipinski definition) is 2. The molecule has 2 heteroatoms. The Morgan fingerprint density at radius 3 is 1.96 bits per heavy atom. The zero-order valence-corrected chi connectivity index (χ0v) is 12.5. The van der Waals surface area contributed by atoms with Crippen LogP contribution in [0.15, 0.2) is 78.9 Å². The van der Waals surface area contributed by atoms with Crippen LogP contribution in [-0.4, -0.2) is 12.6 Å². The van der Waals surface area contributed by atoms with E-state index in [1.165, 1.54) is 0 Å². The SMILES string of the molecule is [2H]C(OC(=O)c1ccccc1)C1c2ccccc2-c2ccccc21. The molecule has 0 amide bonds. The van der Waals surface area contributed by atoms with E-state index in [-0.39, 0.29) is 5.92 Å². The minimum atomic E-state index is -0.984. The van der Waals surface area contributed by atoms with Crippen molar-refractivity contribution in [2.24, 2.45) is 0 Å². The van der Waals surface area contributed by atoms with Gasteiger partial charge in [-0.2, -0.15) is 0 Å². The summed E-state index contributed by atoms with van der Waals surface area (Å²) in [7, 11) is 0. The van der Waals surface area contributed by atoms with Gasteiger partial charge in [0.2, 0.25) is 0 Å². The monoisotopic (exact) mass is 301 g/mol. The van der Waals surface area contributed by atoms with Crippen LogP contribution in [0.4, 0.5) is 0 Å². The van der Waals surface area contributed by atoms with Crippen LogP contribution >= 0.6 is 0 Å². The minimum Gasteiger partial charge on any atom is -0.461 e. The number of rotatable bonds is 3. The molecule has 1 aliphatic carbocycles. The van der Waals surface area contributed by atoms with Crippen molar-refractivity contribution in [1.82, 2.24) is 0 Å². The van der Waals surface area contributed by atoms with Crippen molar-refractivity contribution >= 4 is 5.97 Å². The van der Waals surface area contributed by atoms with Crippen LogP contribution in [0.25, 0.3) is 11.1 Å². The molecule has 1 atom stereocenters. The summed E-state index contributed by atoms with van der Waals surface area (Å²) in [6, 6.07) is 24.9. The third-order valence-electron chi connectivity index (χ3n) is 4.20. The fourth-order valence-electron chi connectivity index (χ4n) is 3.11. The highest BCUT2D eigenvalue weighted by molar-refractivity contribution is 5.89. The number of ether oxygens (including phenoxy) is 1. The first-order valence-electron chi connectivity index (χ1n) is 8.20. The maximum atomic E-state index is 12.3. The zero-order chi connectivity index (χ0) is 16.5. The highest BCUT2D eigenvalue weighted by atomic mass is 16.5. The molecule has 23 heavy (non-hydrogen) atoms. The van der Waals surface area contributed by atoms with Gasteiger partial charge in [0.1, 0.15) is 6.58 Å². The van der Waals surface area contributed by atoms with Crippen LogP contribution < -0.4 is 0 Å². The number of carbonyl (C=O) groups excluding carboxylic acids is 1. The molecule has 0 radical (unpaired) electrons. The standard InChI is InChI=1S/C21H16O2/c22-21(15-8-2-1-3-9-15)23-14-20-18-12-6-4-10-16(18)17-11-5-7-13-19(17)20/h1-13,20H,14H2/i14D. The fraction of sp³-hybridized carbons (Fsp3) is 0.0952. The molecule has 3 aromatic rings. The molecule has 0 heterocycles. The van der Waals surface area contributed by atoms with Crippen molar-refractivity contribution in [3.63, 3.8) is 0 Å². The average Bonchev–Trinajstić information content (AvgIpc) is 2.97. The Kier molecular flexibility index (Phi) is 3.15. The Hall–Kier alpha value is -2.87. The van der Waals surface area contributed by atoms with Gasteiger partial charge in [-0.05, 0) is 34.4 Å². The third kappa shape index (κ3) is 2.42. The molecule has 0 N–H and O–H groups in total. The van der Waals surface area contributed by atoms with E-state index < -0.39 is 12.6 Å². The van der Waals surface area contributed by atoms with E-state index in [2.05, 4.69) is 12.1 Å². The number of esters is 1. The van der Waals surface area contributed by atoms with Crippen LogP contribution in [-0.2, 0) is 4.74 Å². The molecule has 0 saturated carbocycles.